The van der Waals surface area contributed by atoms with E-state index in [0.717, 1.165) is 80.5 Å². The van der Waals surface area contributed by atoms with Gasteiger partial charge >= 0.3 is 11.9 Å². The first-order valence-corrected chi connectivity index (χ1v) is 20.4. The molecule has 0 N–H and O–H groups in total. The van der Waals surface area contributed by atoms with Gasteiger partial charge in [0.1, 0.15) is 11.9 Å². The summed E-state index contributed by atoms with van der Waals surface area (Å²) in [6, 6.07) is 6.88. The van der Waals surface area contributed by atoms with Gasteiger partial charge in [0, 0.05) is 12.8 Å². The summed E-state index contributed by atoms with van der Waals surface area (Å²) in [5, 5.41) is 0. The van der Waals surface area contributed by atoms with Gasteiger partial charge in [0.05, 0.1) is 5.56 Å². The van der Waals surface area contributed by atoms with Gasteiger partial charge in [0.2, 0.25) is 0 Å². The standard InChI is InChI=1S/C45H68O4/c1-7-8-9-10-11-12-13-14-18-42(46)48-36-22-19-34(20-23-36)43(47)49-37-27-29-44(5)35(31-37)21-24-38-40-26-25-39(33(4)17-15-16-32(2)3)45(40,6)30-28-41(38)44/h7,19-23,32-33,37-41H,1,8-18,24-31H2,2-6H3/t33-,37+,38+,39-,40+,41+,44+,45-/m1/s1. The molecule has 0 aromatic heterocycles. The van der Waals surface area contributed by atoms with Gasteiger partial charge in [-0.1, -0.05) is 97.3 Å². The van der Waals surface area contributed by atoms with E-state index in [1.165, 1.54) is 70.6 Å². The number of carbonyl (C=O) groups excluding carboxylic acids is 2. The summed E-state index contributed by atoms with van der Waals surface area (Å²) in [6.07, 6.45) is 26.6. The molecule has 3 fully saturated rings. The van der Waals surface area contributed by atoms with E-state index in [-0.39, 0.29) is 23.5 Å². The molecule has 0 spiro atoms. The van der Waals surface area contributed by atoms with Crippen molar-refractivity contribution in [1.82, 2.24) is 0 Å². The van der Waals surface area contributed by atoms with Crippen molar-refractivity contribution in [2.24, 2.45) is 46.3 Å². The third-order valence-electron chi connectivity index (χ3n) is 13.9. The maximum atomic E-state index is 13.2. The van der Waals surface area contributed by atoms with E-state index < -0.39 is 0 Å². The van der Waals surface area contributed by atoms with Crippen LogP contribution in [0, 0.1) is 46.3 Å². The fourth-order valence-corrected chi connectivity index (χ4v) is 11.1. The molecule has 0 unspecified atom stereocenters. The minimum absolute atomic E-state index is 0.0701. The van der Waals surface area contributed by atoms with Crippen LogP contribution in [0.4, 0.5) is 0 Å². The molecule has 0 radical (unpaired) electrons. The first-order chi connectivity index (χ1) is 23.5. The molecule has 272 valence electrons. The number of benzene rings is 1. The molecule has 0 heterocycles. The molecule has 4 aliphatic carbocycles. The van der Waals surface area contributed by atoms with Crippen molar-refractivity contribution in [1.29, 1.82) is 0 Å². The Morgan fingerprint density at radius 3 is 2.35 bits per heavy atom. The minimum atomic E-state index is -0.276. The molecular formula is C45H68O4. The number of rotatable bonds is 17. The van der Waals surface area contributed by atoms with Gasteiger partial charge < -0.3 is 9.47 Å². The highest BCUT2D eigenvalue weighted by Crippen LogP contribution is 2.67. The van der Waals surface area contributed by atoms with E-state index >= 15 is 0 Å². The van der Waals surface area contributed by atoms with Gasteiger partial charge in [-0.25, -0.2) is 4.79 Å². The molecule has 0 saturated heterocycles. The Morgan fingerprint density at radius 2 is 1.61 bits per heavy atom. The number of unbranched alkanes of at least 4 members (excludes halogenated alkanes) is 6. The van der Waals surface area contributed by atoms with Crippen molar-refractivity contribution < 1.29 is 19.1 Å². The summed E-state index contributed by atoms with van der Waals surface area (Å²) in [5.74, 6) is 4.97. The summed E-state index contributed by atoms with van der Waals surface area (Å²) >= 11 is 0. The number of ether oxygens (including phenoxy) is 2. The average Bonchev–Trinajstić information content (AvgIpc) is 3.43. The van der Waals surface area contributed by atoms with E-state index in [1.54, 1.807) is 29.8 Å². The zero-order chi connectivity index (χ0) is 35.0. The van der Waals surface area contributed by atoms with Crippen LogP contribution in [-0.4, -0.2) is 18.0 Å². The van der Waals surface area contributed by atoms with Gasteiger partial charge in [-0.2, -0.15) is 0 Å². The van der Waals surface area contributed by atoms with E-state index in [9.17, 15) is 9.59 Å². The largest absolute Gasteiger partial charge is 0.458 e. The highest BCUT2D eigenvalue weighted by atomic mass is 16.5. The molecule has 4 heteroatoms. The van der Waals surface area contributed by atoms with Gasteiger partial charge in [-0.3, -0.25) is 4.79 Å². The molecular weight excluding hydrogens is 604 g/mol. The highest BCUT2D eigenvalue weighted by Gasteiger charge is 2.59. The van der Waals surface area contributed by atoms with Gasteiger partial charge in [-0.15, -0.1) is 6.58 Å². The number of hydrogen-bond acceptors (Lipinski definition) is 4. The third kappa shape index (κ3) is 9.12. The quantitative estimate of drug-likeness (QED) is 0.0715. The van der Waals surface area contributed by atoms with Crippen LogP contribution in [-0.2, 0) is 9.53 Å². The molecule has 4 aliphatic rings. The molecule has 49 heavy (non-hydrogen) atoms. The summed E-state index contributed by atoms with van der Waals surface area (Å²) in [4.78, 5) is 25.5. The Bertz CT molecular complexity index is 1280. The number of allylic oxidation sites excluding steroid dienone is 2. The summed E-state index contributed by atoms with van der Waals surface area (Å²) in [5.41, 5.74) is 2.81. The smallest absolute Gasteiger partial charge is 0.338 e. The molecule has 8 atom stereocenters. The minimum Gasteiger partial charge on any atom is -0.458 e. The second kappa shape index (κ2) is 17.2. The second-order valence-electron chi connectivity index (χ2n) is 17.5. The highest BCUT2D eigenvalue weighted by molar-refractivity contribution is 5.89. The fourth-order valence-electron chi connectivity index (χ4n) is 11.1. The first-order valence-electron chi connectivity index (χ1n) is 20.4. The second-order valence-corrected chi connectivity index (χ2v) is 17.5. The zero-order valence-corrected chi connectivity index (χ0v) is 31.8. The molecule has 0 bridgehead atoms. The predicted octanol–water partition coefficient (Wildman–Crippen LogP) is 12.5. The maximum absolute atomic E-state index is 13.2. The number of esters is 2. The zero-order valence-electron chi connectivity index (χ0n) is 31.8. The SMILES string of the molecule is C=CCCCCCCCCC(=O)Oc1ccc(C(=O)O[C@H]2CC[C@@]3(C)C(=CC[C@H]4[C@@H]5CC[C@H]([C@H](C)CCCC(C)C)[C@@]5(C)CC[C@@H]43)C2)cc1. The van der Waals surface area contributed by atoms with Crippen LogP contribution in [0.1, 0.15) is 167 Å². The number of hydrogen-bond donors (Lipinski definition) is 0. The lowest BCUT2D eigenvalue weighted by Crippen LogP contribution is -2.51. The average molecular weight is 673 g/mol. The van der Waals surface area contributed by atoms with Crippen molar-refractivity contribution >= 4 is 11.9 Å². The van der Waals surface area contributed by atoms with Crippen molar-refractivity contribution in [2.75, 3.05) is 0 Å². The van der Waals surface area contributed by atoms with Crippen molar-refractivity contribution in [2.45, 2.75) is 163 Å². The van der Waals surface area contributed by atoms with E-state index in [1.807, 2.05) is 6.08 Å². The summed E-state index contributed by atoms with van der Waals surface area (Å²) in [6.45, 7) is 16.3. The van der Waals surface area contributed by atoms with Crippen LogP contribution >= 0.6 is 0 Å². The number of carbonyl (C=O) groups is 2. The molecule has 1 aromatic carbocycles. The molecule has 4 nitrogen and oxygen atoms in total. The lowest BCUT2D eigenvalue weighted by molar-refractivity contribution is -0.134. The Labute approximate surface area is 299 Å². The Kier molecular flexibility index (Phi) is 13.3. The topological polar surface area (TPSA) is 52.6 Å². The van der Waals surface area contributed by atoms with Crippen LogP contribution in [0.15, 0.2) is 48.6 Å². The predicted molar refractivity (Wildman–Crippen MR) is 201 cm³/mol. The summed E-state index contributed by atoms with van der Waals surface area (Å²) in [7, 11) is 0. The maximum Gasteiger partial charge on any atom is 0.338 e. The Hall–Kier alpha value is -2.36. The van der Waals surface area contributed by atoms with E-state index in [4.69, 9.17) is 9.47 Å². The lowest BCUT2D eigenvalue weighted by Gasteiger charge is -2.58. The lowest BCUT2D eigenvalue weighted by atomic mass is 9.47. The van der Waals surface area contributed by atoms with Crippen molar-refractivity contribution in [3.05, 3.63) is 54.1 Å². The molecule has 5 rings (SSSR count). The Morgan fingerprint density at radius 1 is 0.878 bits per heavy atom. The molecule has 0 aliphatic heterocycles. The third-order valence-corrected chi connectivity index (χ3v) is 13.9. The van der Waals surface area contributed by atoms with Crippen LogP contribution < -0.4 is 4.74 Å². The first kappa shape index (κ1) is 37.9. The van der Waals surface area contributed by atoms with Crippen molar-refractivity contribution in [3.63, 3.8) is 0 Å². The monoisotopic (exact) mass is 673 g/mol. The fraction of sp³-hybridized carbons (Fsp3) is 0.733. The normalized spacial score (nSPS) is 31.2. The molecule has 0 amide bonds. The van der Waals surface area contributed by atoms with Crippen LogP contribution in [0.2, 0.25) is 0 Å². The molecule has 3 saturated carbocycles. The van der Waals surface area contributed by atoms with Crippen molar-refractivity contribution in [3.8, 4) is 5.75 Å². The molecule has 1 aromatic rings. The summed E-state index contributed by atoms with van der Waals surface area (Å²) < 4.78 is 11.7. The Balaban J connectivity index is 1.09. The van der Waals surface area contributed by atoms with E-state index in [2.05, 4.69) is 47.3 Å². The van der Waals surface area contributed by atoms with Crippen LogP contribution in [0.3, 0.4) is 0 Å². The van der Waals surface area contributed by atoms with Gasteiger partial charge in [-0.05, 0) is 135 Å². The van der Waals surface area contributed by atoms with Gasteiger partial charge in [0.25, 0.3) is 0 Å². The van der Waals surface area contributed by atoms with Crippen LogP contribution in [0.25, 0.3) is 0 Å². The van der Waals surface area contributed by atoms with E-state index in [0.29, 0.717) is 23.1 Å². The number of fused-ring (bicyclic) bond motifs is 5. The van der Waals surface area contributed by atoms with Gasteiger partial charge in [0.15, 0.2) is 0 Å². The van der Waals surface area contributed by atoms with Crippen LogP contribution in [0.5, 0.6) is 5.75 Å².